The SMILES string of the molecule is Cc1nnn(Cc2cc(C#N)ccc2Br)n1. The minimum atomic E-state index is 0.497. The van der Waals surface area contributed by atoms with Gasteiger partial charge in [-0.25, -0.2) is 0 Å². The minimum absolute atomic E-state index is 0.497. The van der Waals surface area contributed by atoms with E-state index in [2.05, 4.69) is 37.4 Å². The summed E-state index contributed by atoms with van der Waals surface area (Å²) in [4.78, 5) is 1.50. The summed E-state index contributed by atoms with van der Waals surface area (Å²) in [6.07, 6.45) is 0. The molecule has 2 rings (SSSR count). The second kappa shape index (κ2) is 4.41. The Morgan fingerprint density at radius 2 is 2.31 bits per heavy atom. The van der Waals surface area contributed by atoms with Crippen LogP contribution in [0.2, 0.25) is 0 Å². The van der Waals surface area contributed by atoms with Crippen molar-refractivity contribution >= 4 is 15.9 Å². The molecule has 0 aliphatic heterocycles. The first kappa shape index (κ1) is 10.8. The third kappa shape index (κ3) is 2.25. The highest BCUT2D eigenvalue weighted by molar-refractivity contribution is 9.10. The van der Waals surface area contributed by atoms with Gasteiger partial charge >= 0.3 is 0 Å². The van der Waals surface area contributed by atoms with Crippen LogP contribution in [0, 0.1) is 18.3 Å². The molecule has 0 saturated heterocycles. The predicted octanol–water partition coefficient (Wildman–Crippen LogP) is 1.66. The summed E-state index contributed by atoms with van der Waals surface area (Å²) in [7, 11) is 0. The molecule has 0 spiro atoms. The molecule has 1 heterocycles. The van der Waals surface area contributed by atoms with Gasteiger partial charge in [-0.1, -0.05) is 15.9 Å². The third-order valence-corrected chi connectivity index (χ3v) is 2.81. The van der Waals surface area contributed by atoms with Crippen LogP contribution in [0.15, 0.2) is 22.7 Å². The second-order valence-electron chi connectivity index (χ2n) is 3.29. The lowest BCUT2D eigenvalue weighted by Crippen LogP contribution is -2.05. The Labute approximate surface area is 101 Å². The van der Waals surface area contributed by atoms with Gasteiger partial charge in [-0.05, 0) is 35.9 Å². The van der Waals surface area contributed by atoms with E-state index in [1.807, 2.05) is 12.1 Å². The van der Waals surface area contributed by atoms with Crippen molar-refractivity contribution in [1.29, 1.82) is 5.26 Å². The molecule has 1 aromatic carbocycles. The fourth-order valence-electron chi connectivity index (χ4n) is 1.31. The van der Waals surface area contributed by atoms with E-state index in [1.165, 1.54) is 4.80 Å². The van der Waals surface area contributed by atoms with E-state index in [1.54, 1.807) is 13.0 Å². The number of benzene rings is 1. The maximum atomic E-state index is 8.81. The largest absolute Gasteiger partial charge is 0.192 e. The molecule has 16 heavy (non-hydrogen) atoms. The Kier molecular flexibility index (Phi) is 2.97. The second-order valence-corrected chi connectivity index (χ2v) is 4.14. The summed E-state index contributed by atoms with van der Waals surface area (Å²) in [6, 6.07) is 7.51. The molecular formula is C10H8BrN5. The molecule has 0 N–H and O–H groups in total. The molecule has 80 valence electrons. The molecule has 0 atom stereocenters. The molecule has 1 aromatic heterocycles. The Morgan fingerprint density at radius 1 is 1.50 bits per heavy atom. The van der Waals surface area contributed by atoms with Crippen molar-refractivity contribution < 1.29 is 0 Å². The highest BCUT2D eigenvalue weighted by atomic mass is 79.9. The Morgan fingerprint density at radius 3 is 2.94 bits per heavy atom. The van der Waals surface area contributed by atoms with Crippen molar-refractivity contribution in [2.45, 2.75) is 13.5 Å². The molecule has 2 aromatic rings. The van der Waals surface area contributed by atoms with Crippen LogP contribution in [0.1, 0.15) is 17.0 Å². The van der Waals surface area contributed by atoms with Crippen molar-refractivity contribution in [3.8, 4) is 6.07 Å². The molecular weight excluding hydrogens is 270 g/mol. The van der Waals surface area contributed by atoms with E-state index in [-0.39, 0.29) is 0 Å². The van der Waals surface area contributed by atoms with Crippen molar-refractivity contribution in [2.75, 3.05) is 0 Å². The number of halogens is 1. The lowest BCUT2D eigenvalue weighted by molar-refractivity contribution is 0.570. The highest BCUT2D eigenvalue weighted by Gasteiger charge is 2.05. The fourth-order valence-corrected chi connectivity index (χ4v) is 1.68. The van der Waals surface area contributed by atoms with Crippen LogP contribution in [-0.4, -0.2) is 20.2 Å². The van der Waals surface area contributed by atoms with Gasteiger partial charge in [0.2, 0.25) is 0 Å². The summed E-state index contributed by atoms with van der Waals surface area (Å²) >= 11 is 3.43. The van der Waals surface area contributed by atoms with Crippen LogP contribution < -0.4 is 0 Å². The van der Waals surface area contributed by atoms with Gasteiger partial charge < -0.3 is 0 Å². The quantitative estimate of drug-likeness (QED) is 0.837. The molecule has 0 unspecified atom stereocenters. The van der Waals surface area contributed by atoms with Gasteiger partial charge in [0.1, 0.15) is 0 Å². The molecule has 0 radical (unpaired) electrons. The van der Waals surface area contributed by atoms with Gasteiger partial charge in [0.25, 0.3) is 0 Å². The predicted molar refractivity (Wildman–Crippen MR) is 60.5 cm³/mol. The zero-order chi connectivity index (χ0) is 11.5. The van der Waals surface area contributed by atoms with Crippen LogP contribution >= 0.6 is 15.9 Å². The van der Waals surface area contributed by atoms with Crippen LogP contribution in [0.25, 0.3) is 0 Å². The summed E-state index contributed by atoms with van der Waals surface area (Å²) < 4.78 is 0.932. The molecule has 6 heteroatoms. The van der Waals surface area contributed by atoms with Crippen LogP contribution in [0.3, 0.4) is 0 Å². The maximum Gasteiger partial charge on any atom is 0.171 e. The highest BCUT2D eigenvalue weighted by Crippen LogP contribution is 2.18. The van der Waals surface area contributed by atoms with E-state index in [4.69, 9.17) is 5.26 Å². The fraction of sp³-hybridized carbons (Fsp3) is 0.200. The molecule has 0 bridgehead atoms. The monoisotopic (exact) mass is 277 g/mol. The van der Waals surface area contributed by atoms with Crippen molar-refractivity contribution in [2.24, 2.45) is 0 Å². The van der Waals surface area contributed by atoms with Gasteiger partial charge in [0, 0.05) is 4.47 Å². The van der Waals surface area contributed by atoms with Gasteiger partial charge in [0.15, 0.2) is 5.82 Å². The number of nitrogens with zero attached hydrogens (tertiary/aromatic N) is 5. The van der Waals surface area contributed by atoms with E-state index in [0.29, 0.717) is 17.9 Å². The Hall–Kier alpha value is -1.74. The van der Waals surface area contributed by atoms with Gasteiger partial charge in [-0.15, -0.1) is 10.2 Å². The van der Waals surface area contributed by atoms with Crippen LogP contribution in [-0.2, 0) is 6.54 Å². The lowest BCUT2D eigenvalue weighted by atomic mass is 10.1. The van der Waals surface area contributed by atoms with Crippen LogP contribution in [0.4, 0.5) is 0 Å². The summed E-state index contributed by atoms with van der Waals surface area (Å²) in [5, 5.41) is 20.6. The summed E-state index contributed by atoms with van der Waals surface area (Å²) in [5.74, 6) is 0.632. The van der Waals surface area contributed by atoms with Crippen LogP contribution in [0.5, 0.6) is 0 Å². The molecule has 0 aliphatic rings. The number of aromatic nitrogens is 4. The van der Waals surface area contributed by atoms with E-state index in [9.17, 15) is 0 Å². The van der Waals surface area contributed by atoms with Crippen molar-refractivity contribution in [3.63, 3.8) is 0 Å². The lowest BCUT2D eigenvalue weighted by Gasteiger charge is -2.03. The maximum absolute atomic E-state index is 8.81. The number of aryl methyl sites for hydroxylation is 1. The van der Waals surface area contributed by atoms with Crippen molar-refractivity contribution in [1.82, 2.24) is 20.2 Å². The molecule has 0 fully saturated rings. The van der Waals surface area contributed by atoms with E-state index >= 15 is 0 Å². The molecule has 5 nitrogen and oxygen atoms in total. The Balaban J connectivity index is 2.30. The Bertz CT molecular complexity index is 555. The third-order valence-electron chi connectivity index (χ3n) is 2.04. The van der Waals surface area contributed by atoms with E-state index in [0.717, 1.165) is 10.0 Å². The van der Waals surface area contributed by atoms with Gasteiger partial charge in [-0.2, -0.15) is 10.1 Å². The van der Waals surface area contributed by atoms with Crippen molar-refractivity contribution in [3.05, 3.63) is 39.6 Å². The zero-order valence-electron chi connectivity index (χ0n) is 8.55. The van der Waals surface area contributed by atoms with Gasteiger partial charge in [-0.3, -0.25) is 0 Å². The normalized spacial score (nSPS) is 10.1. The summed E-state index contributed by atoms with van der Waals surface area (Å²) in [6.45, 7) is 2.28. The molecule has 0 saturated carbocycles. The standard InChI is InChI=1S/C10H8BrN5/c1-7-13-15-16(14-7)6-9-4-8(5-12)2-3-10(9)11/h2-4H,6H2,1H3. The summed E-state index contributed by atoms with van der Waals surface area (Å²) in [5.41, 5.74) is 1.58. The number of hydrogen-bond donors (Lipinski definition) is 0. The zero-order valence-corrected chi connectivity index (χ0v) is 10.1. The number of hydrogen-bond acceptors (Lipinski definition) is 4. The average Bonchev–Trinajstić information content (AvgIpc) is 2.67. The van der Waals surface area contributed by atoms with Gasteiger partial charge in [0.05, 0.1) is 18.2 Å². The average molecular weight is 278 g/mol. The molecule has 0 amide bonds. The topological polar surface area (TPSA) is 67.4 Å². The first-order chi connectivity index (χ1) is 7.69. The minimum Gasteiger partial charge on any atom is -0.192 e. The molecule has 0 aliphatic carbocycles. The first-order valence-corrected chi connectivity index (χ1v) is 5.41. The smallest absolute Gasteiger partial charge is 0.171 e. The number of nitriles is 1. The number of rotatable bonds is 2. The first-order valence-electron chi connectivity index (χ1n) is 4.62. The van der Waals surface area contributed by atoms with E-state index < -0.39 is 0 Å². The number of tetrazole rings is 1.